The summed E-state index contributed by atoms with van der Waals surface area (Å²) in [6.45, 7) is 0. The molecule has 4 nitrogen and oxygen atoms in total. The average molecular weight is 331 g/mol. The topological polar surface area (TPSA) is 53.1 Å². The predicted molar refractivity (Wildman–Crippen MR) is 85.2 cm³/mol. The van der Waals surface area contributed by atoms with E-state index in [1.807, 2.05) is 0 Å². The quantitative estimate of drug-likeness (QED) is 0.689. The van der Waals surface area contributed by atoms with E-state index in [4.69, 9.17) is 11.6 Å². The number of rotatable bonds is 1. The number of aromatic amines is 1. The summed E-state index contributed by atoms with van der Waals surface area (Å²) in [6.07, 6.45) is 1.49. The summed E-state index contributed by atoms with van der Waals surface area (Å²) < 4.78 is 27.8. The minimum Gasteiger partial charge on any atom is -0.339 e. The molecular weight excluding hydrogens is 322 g/mol. The molecule has 0 aliphatic carbocycles. The average Bonchev–Trinajstić information content (AvgIpc) is 2.91. The van der Waals surface area contributed by atoms with Crippen LogP contribution in [0.25, 0.3) is 11.3 Å². The van der Waals surface area contributed by atoms with Crippen molar-refractivity contribution in [2.24, 2.45) is 4.99 Å². The van der Waals surface area contributed by atoms with Gasteiger partial charge in [0.15, 0.2) is 0 Å². The van der Waals surface area contributed by atoms with E-state index in [9.17, 15) is 8.78 Å². The third-order valence-corrected chi connectivity index (χ3v) is 3.87. The Morgan fingerprint density at radius 2 is 1.96 bits per heavy atom. The smallest absolute Gasteiger partial charge is 0.143 e. The number of hydrogen-bond acceptors (Lipinski definition) is 3. The van der Waals surface area contributed by atoms with Crippen LogP contribution in [0.1, 0.15) is 5.56 Å². The molecular formula is C16H9ClF2N4. The first-order valence-electron chi connectivity index (χ1n) is 6.77. The van der Waals surface area contributed by atoms with E-state index >= 15 is 0 Å². The lowest BCUT2D eigenvalue weighted by Crippen LogP contribution is -2.15. The second-order valence-electron chi connectivity index (χ2n) is 5.00. The maximum atomic E-state index is 14.2. The Bertz CT molecular complexity index is 929. The van der Waals surface area contributed by atoms with Gasteiger partial charge in [-0.1, -0.05) is 17.7 Å². The van der Waals surface area contributed by atoms with Gasteiger partial charge in [0.2, 0.25) is 0 Å². The van der Waals surface area contributed by atoms with Crippen LogP contribution in [0.2, 0.25) is 5.02 Å². The van der Waals surface area contributed by atoms with Crippen molar-refractivity contribution >= 4 is 28.8 Å². The van der Waals surface area contributed by atoms with E-state index in [1.165, 1.54) is 30.5 Å². The molecule has 0 bridgehead atoms. The lowest BCUT2D eigenvalue weighted by atomic mass is 10.1. The molecule has 2 heterocycles. The summed E-state index contributed by atoms with van der Waals surface area (Å²) in [6, 6.07) is 8.64. The van der Waals surface area contributed by atoms with Gasteiger partial charge in [-0.15, -0.1) is 0 Å². The summed E-state index contributed by atoms with van der Waals surface area (Å²) in [5.74, 6) is -0.654. The van der Waals surface area contributed by atoms with E-state index in [2.05, 4.69) is 20.5 Å². The number of aliphatic imine (C=N–C) groups is 1. The van der Waals surface area contributed by atoms with Crippen molar-refractivity contribution in [2.45, 2.75) is 0 Å². The third kappa shape index (κ3) is 2.27. The number of anilines is 1. The van der Waals surface area contributed by atoms with Crippen LogP contribution in [0, 0.1) is 11.6 Å². The lowest BCUT2D eigenvalue weighted by molar-refractivity contribution is 0.625. The standard InChI is InChI=1S/C16H9ClF2N4/c17-10-2-1-3-11(19)14(10)16-21-12-5-4-8(18)6-9(12)15-13(22-16)7-20-23-15/h1-7H,(H,20,23)(H,21,22). The summed E-state index contributed by atoms with van der Waals surface area (Å²) in [4.78, 5) is 4.40. The first-order chi connectivity index (χ1) is 11.1. The molecule has 4 rings (SSSR count). The molecule has 0 fully saturated rings. The second-order valence-corrected chi connectivity index (χ2v) is 5.41. The van der Waals surface area contributed by atoms with Crippen LogP contribution >= 0.6 is 11.6 Å². The monoisotopic (exact) mass is 330 g/mol. The van der Waals surface area contributed by atoms with Crippen molar-refractivity contribution in [3.05, 3.63) is 64.8 Å². The van der Waals surface area contributed by atoms with E-state index in [-0.39, 0.29) is 16.4 Å². The van der Waals surface area contributed by atoms with Gasteiger partial charge in [0.1, 0.15) is 23.2 Å². The van der Waals surface area contributed by atoms with Gasteiger partial charge in [-0.2, -0.15) is 5.10 Å². The van der Waals surface area contributed by atoms with Crippen molar-refractivity contribution in [1.29, 1.82) is 0 Å². The minimum absolute atomic E-state index is 0.151. The van der Waals surface area contributed by atoms with E-state index < -0.39 is 11.6 Å². The molecule has 2 N–H and O–H groups in total. The van der Waals surface area contributed by atoms with E-state index in [1.54, 1.807) is 12.1 Å². The number of hydrogen-bond donors (Lipinski definition) is 2. The van der Waals surface area contributed by atoms with Crippen LogP contribution in [0.3, 0.4) is 0 Å². The zero-order chi connectivity index (χ0) is 16.0. The SMILES string of the molecule is Fc1ccc2c(c1)-c1[nH]ncc1N=C(c1c(F)cccc1Cl)N2. The molecule has 0 saturated heterocycles. The number of amidine groups is 1. The van der Waals surface area contributed by atoms with Crippen LogP contribution in [-0.4, -0.2) is 16.0 Å². The molecule has 0 saturated carbocycles. The predicted octanol–water partition coefficient (Wildman–Crippen LogP) is 4.51. The van der Waals surface area contributed by atoms with Gasteiger partial charge in [-0.25, -0.2) is 13.8 Å². The highest BCUT2D eigenvalue weighted by molar-refractivity contribution is 6.35. The Labute approximate surface area is 134 Å². The Balaban J connectivity index is 1.97. The molecule has 0 spiro atoms. The molecule has 0 radical (unpaired) electrons. The first-order valence-corrected chi connectivity index (χ1v) is 7.14. The highest BCUT2D eigenvalue weighted by Gasteiger charge is 2.22. The van der Waals surface area contributed by atoms with Crippen LogP contribution in [0.5, 0.6) is 0 Å². The van der Waals surface area contributed by atoms with E-state index in [0.29, 0.717) is 22.6 Å². The minimum atomic E-state index is -0.501. The van der Waals surface area contributed by atoms with Crippen LogP contribution in [0.15, 0.2) is 47.6 Å². The largest absolute Gasteiger partial charge is 0.339 e. The van der Waals surface area contributed by atoms with Crippen LogP contribution < -0.4 is 5.32 Å². The Kier molecular flexibility index (Phi) is 3.12. The Morgan fingerprint density at radius 1 is 1.09 bits per heavy atom. The number of nitrogens with one attached hydrogen (secondary N) is 2. The number of H-pyrrole nitrogens is 1. The molecule has 23 heavy (non-hydrogen) atoms. The van der Waals surface area contributed by atoms with Gasteiger partial charge < -0.3 is 5.32 Å². The van der Waals surface area contributed by atoms with Crippen molar-refractivity contribution in [2.75, 3.05) is 5.32 Å². The molecule has 2 aromatic carbocycles. The number of benzene rings is 2. The van der Waals surface area contributed by atoms with Gasteiger partial charge in [-0.3, -0.25) is 5.10 Å². The zero-order valence-corrected chi connectivity index (χ0v) is 12.3. The lowest BCUT2D eigenvalue weighted by Gasteiger charge is -2.12. The van der Waals surface area contributed by atoms with E-state index in [0.717, 1.165) is 0 Å². The van der Waals surface area contributed by atoms with Crippen LogP contribution in [0.4, 0.5) is 20.2 Å². The van der Waals surface area contributed by atoms with Gasteiger partial charge in [0.05, 0.1) is 22.5 Å². The van der Waals surface area contributed by atoms with Gasteiger partial charge >= 0.3 is 0 Å². The molecule has 1 aromatic heterocycles. The van der Waals surface area contributed by atoms with Crippen molar-refractivity contribution in [3.8, 4) is 11.3 Å². The maximum Gasteiger partial charge on any atom is 0.143 e. The number of aromatic nitrogens is 2. The summed E-state index contributed by atoms with van der Waals surface area (Å²) in [5, 5.41) is 9.99. The summed E-state index contributed by atoms with van der Waals surface area (Å²) in [5.41, 5.74) is 2.31. The molecule has 0 unspecified atom stereocenters. The first kappa shape index (κ1) is 13.9. The fourth-order valence-electron chi connectivity index (χ4n) is 2.51. The highest BCUT2D eigenvalue weighted by Crippen LogP contribution is 2.37. The Morgan fingerprint density at radius 3 is 2.78 bits per heavy atom. The molecule has 0 amide bonds. The van der Waals surface area contributed by atoms with Crippen molar-refractivity contribution < 1.29 is 8.78 Å². The Hall–Kier alpha value is -2.73. The molecule has 0 atom stereocenters. The zero-order valence-electron chi connectivity index (χ0n) is 11.6. The highest BCUT2D eigenvalue weighted by atomic mass is 35.5. The van der Waals surface area contributed by atoms with Crippen LogP contribution in [-0.2, 0) is 0 Å². The number of halogens is 3. The third-order valence-electron chi connectivity index (χ3n) is 3.56. The maximum absolute atomic E-state index is 14.2. The fraction of sp³-hybridized carbons (Fsp3) is 0. The molecule has 7 heteroatoms. The summed E-state index contributed by atoms with van der Waals surface area (Å²) >= 11 is 6.13. The molecule has 1 aliphatic heterocycles. The van der Waals surface area contributed by atoms with Crippen molar-refractivity contribution in [3.63, 3.8) is 0 Å². The number of nitrogens with zero attached hydrogens (tertiary/aromatic N) is 2. The molecule has 114 valence electrons. The fourth-order valence-corrected chi connectivity index (χ4v) is 2.77. The van der Waals surface area contributed by atoms with Gasteiger partial charge in [0, 0.05) is 11.3 Å². The normalized spacial score (nSPS) is 12.7. The number of fused-ring (bicyclic) bond motifs is 3. The summed E-state index contributed by atoms with van der Waals surface area (Å²) in [7, 11) is 0. The second kappa shape index (κ2) is 5.17. The van der Waals surface area contributed by atoms with Gasteiger partial charge in [0.25, 0.3) is 0 Å². The molecule has 3 aromatic rings. The van der Waals surface area contributed by atoms with Gasteiger partial charge in [-0.05, 0) is 30.3 Å². The molecule has 1 aliphatic rings. The van der Waals surface area contributed by atoms with Crippen molar-refractivity contribution in [1.82, 2.24) is 10.2 Å².